The van der Waals surface area contributed by atoms with Crippen LogP contribution in [0.15, 0.2) is 54.3 Å². The molecule has 0 aliphatic carbocycles. The Bertz CT molecular complexity index is 1230. The van der Waals surface area contributed by atoms with Crippen molar-refractivity contribution in [3.63, 3.8) is 0 Å². The number of pyridine rings is 1. The van der Waals surface area contributed by atoms with Crippen LogP contribution in [0.5, 0.6) is 0 Å². The van der Waals surface area contributed by atoms with Crippen LogP contribution < -0.4 is 4.90 Å². The van der Waals surface area contributed by atoms with Gasteiger partial charge in [0.1, 0.15) is 5.82 Å². The van der Waals surface area contributed by atoms with E-state index in [1.807, 2.05) is 36.0 Å². The number of thiazole rings is 1. The fourth-order valence-corrected chi connectivity index (χ4v) is 4.31. The van der Waals surface area contributed by atoms with Crippen molar-refractivity contribution >= 4 is 33.8 Å². The summed E-state index contributed by atoms with van der Waals surface area (Å²) in [4.78, 5) is 27.0. The van der Waals surface area contributed by atoms with Crippen LogP contribution in [0.1, 0.15) is 16.1 Å². The summed E-state index contributed by atoms with van der Waals surface area (Å²) >= 11 is 1.59. The number of aromatic nitrogens is 4. The molecular formula is C23H22N6OS. The highest BCUT2D eigenvalue weighted by Gasteiger charge is 2.29. The summed E-state index contributed by atoms with van der Waals surface area (Å²) in [6.45, 7) is 1.85. The maximum Gasteiger partial charge on any atom is 0.169 e. The van der Waals surface area contributed by atoms with Crippen LogP contribution in [0.4, 0.5) is 5.82 Å². The first kappa shape index (κ1) is 19.7. The highest BCUT2D eigenvalue weighted by Crippen LogP contribution is 2.27. The number of Topliss-reactive ketones (excluding diaryl/α,β-unsaturated/α-hetero) is 1. The highest BCUT2D eigenvalue weighted by molar-refractivity contribution is 7.13. The Labute approximate surface area is 184 Å². The van der Waals surface area contributed by atoms with Crippen LogP contribution in [0.3, 0.4) is 0 Å². The van der Waals surface area contributed by atoms with Gasteiger partial charge in [-0.15, -0.1) is 11.3 Å². The molecule has 1 fully saturated rings. The smallest absolute Gasteiger partial charge is 0.169 e. The third kappa shape index (κ3) is 4.04. The Morgan fingerprint density at radius 2 is 2.03 bits per heavy atom. The number of likely N-dealkylation sites (N-methyl/N-ethyl adjacent to an activating group) is 1. The number of carbonyl (C=O) groups is 1. The summed E-state index contributed by atoms with van der Waals surface area (Å²) < 4.78 is 0. The number of anilines is 1. The van der Waals surface area contributed by atoms with Gasteiger partial charge in [-0.1, -0.05) is 6.07 Å². The second-order valence-electron chi connectivity index (χ2n) is 8.00. The molecule has 0 bridgehead atoms. The van der Waals surface area contributed by atoms with E-state index in [1.165, 1.54) is 0 Å². The second-order valence-corrected chi connectivity index (χ2v) is 8.89. The van der Waals surface area contributed by atoms with Crippen LogP contribution in [0, 0.1) is 0 Å². The number of ketones is 1. The normalized spacial score (nSPS) is 14.2. The number of fused-ring (bicyclic) bond motifs is 1. The Hall–Kier alpha value is -3.23. The zero-order valence-corrected chi connectivity index (χ0v) is 18.2. The summed E-state index contributed by atoms with van der Waals surface area (Å²) in [5.74, 6) is 0.864. The van der Waals surface area contributed by atoms with Gasteiger partial charge in [-0.2, -0.15) is 10.2 Å². The molecule has 0 saturated carbocycles. The molecule has 156 valence electrons. The van der Waals surface area contributed by atoms with Gasteiger partial charge in [0.15, 0.2) is 5.78 Å². The molecule has 0 unspecified atom stereocenters. The molecule has 4 aromatic rings. The number of carbonyl (C=O) groups excluding carboxylic acids is 1. The van der Waals surface area contributed by atoms with E-state index in [4.69, 9.17) is 0 Å². The summed E-state index contributed by atoms with van der Waals surface area (Å²) in [6.07, 6.45) is 3.77. The van der Waals surface area contributed by atoms with Gasteiger partial charge in [0.25, 0.3) is 0 Å². The van der Waals surface area contributed by atoms with Gasteiger partial charge < -0.3 is 9.80 Å². The van der Waals surface area contributed by atoms with Gasteiger partial charge in [0.2, 0.25) is 0 Å². The minimum atomic E-state index is 0.0144. The molecule has 1 aliphatic rings. The monoisotopic (exact) mass is 430 g/mol. The van der Waals surface area contributed by atoms with E-state index in [0.29, 0.717) is 17.3 Å². The fraction of sp³-hybridized carbons (Fsp3) is 0.261. The molecule has 0 radical (unpaired) electrons. The molecule has 3 aromatic heterocycles. The van der Waals surface area contributed by atoms with Crippen molar-refractivity contribution in [2.24, 2.45) is 0 Å². The molecule has 4 heterocycles. The maximum atomic E-state index is 12.9. The van der Waals surface area contributed by atoms with Gasteiger partial charge in [0, 0.05) is 42.5 Å². The lowest BCUT2D eigenvalue weighted by Crippen LogP contribution is -2.57. The SMILES string of the molecule is CN(C)C1CN(c2cc(C(=O)Cc3cc4cc(-c5cncs5)ccc4nn3)ccn2)C1. The van der Waals surface area contributed by atoms with E-state index in [1.54, 1.807) is 23.6 Å². The molecule has 0 N–H and O–H groups in total. The van der Waals surface area contributed by atoms with Crippen LogP contribution in [0.25, 0.3) is 21.3 Å². The molecule has 31 heavy (non-hydrogen) atoms. The molecular weight excluding hydrogens is 408 g/mol. The van der Waals surface area contributed by atoms with Crippen molar-refractivity contribution in [3.8, 4) is 10.4 Å². The summed E-state index contributed by atoms with van der Waals surface area (Å²) in [5.41, 5.74) is 5.03. The van der Waals surface area contributed by atoms with E-state index in [0.717, 1.165) is 40.3 Å². The average Bonchev–Trinajstić information content (AvgIpc) is 3.27. The minimum absolute atomic E-state index is 0.0144. The molecule has 8 heteroatoms. The molecule has 0 spiro atoms. The standard InChI is InChI=1S/C23H22N6OS/c1-28(2)19-12-29(13-19)23-9-15(5-6-25-23)21(30)10-18-8-17-7-16(22-11-24-14-31-22)3-4-20(17)27-26-18/h3-9,11,14,19H,10,12-13H2,1-2H3. The summed E-state index contributed by atoms with van der Waals surface area (Å²) in [6, 6.07) is 12.2. The topological polar surface area (TPSA) is 75.1 Å². The Balaban J connectivity index is 1.34. The van der Waals surface area contributed by atoms with Gasteiger partial charge in [-0.3, -0.25) is 9.78 Å². The fourth-order valence-electron chi connectivity index (χ4n) is 3.69. The molecule has 0 atom stereocenters. The highest BCUT2D eigenvalue weighted by atomic mass is 32.1. The minimum Gasteiger partial charge on any atom is -0.353 e. The first-order chi connectivity index (χ1) is 15.1. The number of rotatable bonds is 6. The van der Waals surface area contributed by atoms with E-state index in [9.17, 15) is 4.79 Å². The molecule has 1 saturated heterocycles. The van der Waals surface area contributed by atoms with Crippen LogP contribution in [-0.4, -0.2) is 64.1 Å². The lowest BCUT2D eigenvalue weighted by Gasteiger charge is -2.43. The first-order valence-corrected chi connectivity index (χ1v) is 11.0. The summed E-state index contributed by atoms with van der Waals surface area (Å²) in [7, 11) is 4.17. The number of nitrogens with zero attached hydrogens (tertiary/aromatic N) is 6. The lowest BCUT2D eigenvalue weighted by molar-refractivity contribution is 0.0991. The van der Waals surface area contributed by atoms with Gasteiger partial charge in [-0.05, 0) is 50.0 Å². The van der Waals surface area contributed by atoms with Crippen molar-refractivity contribution in [2.45, 2.75) is 12.5 Å². The van der Waals surface area contributed by atoms with Crippen molar-refractivity contribution in [2.75, 3.05) is 32.1 Å². The molecule has 5 rings (SSSR count). The van der Waals surface area contributed by atoms with Crippen LogP contribution >= 0.6 is 11.3 Å². The third-order valence-corrected chi connectivity index (χ3v) is 6.50. The van der Waals surface area contributed by atoms with E-state index in [2.05, 4.69) is 50.1 Å². The predicted molar refractivity (Wildman–Crippen MR) is 123 cm³/mol. The zero-order chi connectivity index (χ0) is 21.4. The molecule has 1 aliphatic heterocycles. The van der Waals surface area contributed by atoms with Gasteiger partial charge in [-0.25, -0.2) is 4.98 Å². The zero-order valence-electron chi connectivity index (χ0n) is 17.4. The van der Waals surface area contributed by atoms with Crippen molar-refractivity contribution < 1.29 is 4.79 Å². The lowest BCUT2D eigenvalue weighted by atomic mass is 10.0. The van der Waals surface area contributed by atoms with Crippen LogP contribution in [-0.2, 0) is 6.42 Å². The predicted octanol–water partition coefficient (Wildman–Crippen LogP) is 3.32. The third-order valence-electron chi connectivity index (χ3n) is 5.68. The van der Waals surface area contributed by atoms with Crippen molar-refractivity contribution in [1.82, 2.24) is 25.1 Å². The number of hydrogen-bond acceptors (Lipinski definition) is 8. The Morgan fingerprint density at radius 1 is 1.16 bits per heavy atom. The average molecular weight is 431 g/mol. The Morgan fingerprint density at radius 3 is 2.81 bits per heavy atom. The van der Waals surface area contributed by atoms with Gasteiger partial charge in [0.05, 0.1) is 28.0 Å². The number of benzene rings is 1. The molecule has 1 aromatic carbocycles. The largest absolute Gasteiger partial charge is 0.353 e. The molecule has 7 nitrogen and oxygen atoms in total. The second kappa shape index (κ2) is 8.13. The van der Waals surface area contributed by atoms with E-state index < -0.39 is 0 Å². The first-order valence-electron chi connectivity index (χ1n) is 10.1. The van der Waals surface area contributed by atoms with Gasteiger partial charge >= 0.3 is 0 Å². The number of hydrogen-bond donors (Lipinski definition) is 0. The van der Waals surface area contributed by atoms with E-state index in [-0.39, 0.29) is 12.2 Å². The van der Waals surface area contributed by atoms with E-state index >= 15 is 0 Å². The quantitative estimate of drug-likeness (QED) is 0.434. The Kier molecular flexibility index (Phi) is 5.17. The van der Waals surface area contributed by atoms with Crippen molar-refractivity contribution in [1.29, 1.82) is 0 Å². The van der Waals surface area contributed by atoms with Crippen molar-refractivity contribution in [3.05, 3.63) is 65.6 Å². The van der Waals surface area contributed by atoms with Crippen LogP contribution in [0.2, 0.25) is 0 Å². The maximum absolute atomic E-state index is 12.9. The molecule has 0 amide bonds. The summed E-state index contributed by atoms with van der Waals surface area (Å²) in [5, 5.41) is 9.54.